The summed E-state index contributed by atoms with van der Waals surface area (Å²) >= 11 is 0. The van der Waals surface area contributed by atoms with Gasteiger partial charge in [0.25, 0.3) is 0 Å². The van der Waals surface area contributed by atoms with Gasteiger partial charge >= 0.3 is 53.7 Å². The van der Waals surface area contributed by atoms with Gasteiger partial charge in [0, 0.05) is 13.0 Å². The maximum atomic E-state index is 14.5. The van der Waals surface area contributed by atoms with Crippen LogP contribution in [0.2, 0.25) is 0 Å². The van der Waals surface area contributed by atoms with Crippen LogP contribution in [0.25, 0.3) is 0 Å². The number of carbonyl (C=O) groups excluding carboxylic acids is 8. The van der Waals surface area contributed by atoms with E-state index >= 15 is 0 Å². The lowest BCUT2D eigenvalue weighted by Crippen LogP contribution is -2.50. The SMILES string of the molecule is CC1C(=O)OC(=O)C1C1C2CC(CC2C(=O)O)C1C1C(=O)OC(=O)C1C1C2CC(CC2C(=O)OCCCO)C1C1C(=O)OC(=O)C1C1C(C)C2CC(C(=O)OC(C)(C)C)C1C2. The number of cyclic esters (lactones) is 6. The fourth-order valence-corrected chi connectivity index (χ4v) is 15.5. The zero-order chi connectivity index (χ0) is 43.7. The second-order valence-electron chi connectivity index (χ2n) is 21.0. The van der Waals surface area contributed by atoms with Gasteiger partial charge in [0.2, 0.25) is 0 Å². The Bertz CT molecular complexity index is 1950. The van der Waals surface area contributed by atoms with E-state index in [1.165, 1.54) is 6.92 Å². The third kappa shape index (κ3) is 6.48. The predicted octanol–water partition coefficient (Wildman–Crippen LogP) is 2.99. The Balaban J connectivity index is 1.11. The van der Waals surface area contributed by atoms with Crippen LogP contribution < -0.4 is 0 Å². The minimum absolute atomic E-state index is 0.0394. The summed E-state index contributed by atoms with van der Waals surface area (Å²) in [6, 6.07) is 0. The molecule has 0 spiro atoms. The van der Waals surface area contributed by atoms with Gasteiger partial charge in [-0.05, 0) is 130 Å². The van der Waals surface area contributed by atoms with Gasteiger partial charge in [-0.3, -0.25) is 43.2 Å². The van der Waals surface area contributed by atoms with Crippen molar-refractivity contribution >= 4 is 53.7 Å². The van der Waals surface area contributed by atoms with Crippen LogP contribution in [0.1, 0.15) is 79.6 Å². The average molecular weight is 853 g/mol. The third-order valence-corrected chi connectivity index (χ3v) is 17.4. The Hall–Kier alpha value is -4.21. The van der Waals surface area contributed by atoms with Crippen molar-refractivity contribution in [2.75, 3.05) is 13.2 Å². The van der Waals surface area contributed by atoms with Crippen molar-refractivity contribution in [3.8, 4) is 0 Å². The molecule has 6 bridgehead atoms. The normalized spacial score (nSPS) is 47.0. The van der Waals surface area contributed by atoms with Gasteiger partial charge in [-0.2, -0.15) is 0 Å². The number of carbonyl (C=O) groups is 9. The van der Waals surface area contributed by atoms with Crippen LogP contribution in [-0.4, -0.2) is 82.8 Å². The third-order valence-electron chi connectivity index (χ3n) is 17.4. The second-order valence-corrected chi connectivity index (χ2v) is 21.0. The van der Waals surface area contributed by atoms with Gasteiger partial charge in [0.05, 0.1) is 59.9 Å². The van der Waals surface area contributed by atoms with Gasteiger partial charge in [0.1, 0.15) is 5.60 Å². The highest BCUT2D eigenvalue weighted by atomic mass is 16.6. The molecule has 3 heterocycles. The highest BCUT2D eigenvalue weighted by molar-refractivity contribution is 5.99. The van der Waals surface area contributed by atoms with Crippen molar-refractivity contribution in [3.05, 3.63) is 0 Å². The van der Waals surface area contributed by atoms with Crippen molar-refractivity contribution in [2.45, 2.75) is 85.2 Å². The molecule has 9 aliphatic rings. The summed E-state index contributed by atoms with van der Waals surface area (Å²) in [5.41, 5.74) is -0.737. The number of aliphatic carboxylic acids is 1. The first-order chi connectivity index (χ1) is 28.8. The topological polar surface area (TPSA) is 240 Å². The molecule has 16 nitrogen and oxygen atoms in total. The maximum absolute atomic E-state index is 14.5. The number of fused-ring (bicyclic) bond motifs is 6. The van der Waals surface area contributed by atoms with Crippen molar-refractivity contribution in [1.82, 2.24) is 0 Å². The summed E-state index contributed by atoms with van der Waals surface area (Å²) in [7, 11) is 0. The average Bonchev–Trinajstić information content (AvgIpc) is 4.05. The number of hydrogen-bond acceptors (Lipinski definition) is 15. The molecular formula is C45H56O16. The summed E-state index contributed by atoms with van der Waals surface area (Å²) in [4.78, 5) is 123. The number of hydrogen-bond donors (Lipinski definition) is 2. The van der Waals surface area contributed by atoms with Crippen molar-refractivity contribution in [3.63, 3.8) is 0 Å². The van der Waals surface area contributed by atoms with Crippen molar-refractivity contribution in [1.29, 1.82) is 0 Å². The zero-order valence-electron chi connectivity index (χ0n) is 35.1. The lowest BCUT2D eigenvalue weighted by molar-refractivity contribution is -0.165. The standard InChI is InChI=1S/C45H56O16/c1-15-17-9-21(25(10-17)39(51)61-45(3,4)5)26(15)32-33(42(54)59-41(32)53)29-19-12-22(24(14-19)38(50)57-8-6-7-46)31(29)35-34(43(55)60-44(35)56)28-18-11-20(23(13-18)36(47)48)30(28)27-16(2)37(49)58-40(27)52/h15-35,46H,6-14H2,1-5H3,(H,47,48). The summed E-state index contributed by atoms with van der Waals surface area (Å²) in [6.07, 6.45) is 2.66. The van der Waals surface area contributed by atoms with Gasteiger partial charge in [-0.25, -0.2) is 0 Å². The number of esters is 8. The van der Waals surface area contributed by atoms with E-state index in [2.05, 4.69) is 0 Å². The number of rotatable bonds is 11. The van der Waals surface area contributed by atoms with E-state index in [0.29, 0.717) is 25.7 Å². The number of carboxylic acid groups (broad SMARTS) is 1. The second kappa shape index (κ2) is 15.0. The molecule has 9 rings (SSSR count). The molecule has 61 heavy (non-hydrogen) atoms. The van der Waals surface area contributed by atoms with E-state index in [0.717, 1.165) is 0 Å². The van der Waals surface area contributed by atoms with E-state index in [4.69, 9.17) is 23.7 Å². The smallest absolute Gasteiger partial charge is 0.317 e. The van der Waals surface area contributed by atoms with Gasteiger partial charge in [-0.1, -0.05) is 13.8 Å². The molecule has 3 aliphatic heterocycles. The molecule has 16 heteroatoms. The molecule has 0 radical (unpaired) electrons. The molecular weight excluding hydrogens is 796 g/mol. The fraction of sp³-hybridized carbons (Fsp3) is 0.800. The Morgan fingerprint density at radius 3 is 1.51 bits per heavy atom. The van der Waals surface area contributed by atoms with Crippen LogP contribution >= 0.6 is 0 Å². The van der Waals surface area contributed by atoms with Crippen LogP contribution in [0.4, 0.5) is 0 Å². The number of aliphatic hydroxyl groups is 1. The first kappa shape index (κ1) is 42.1. The number of carboxylic acids is 1. The summed E-state index contributed by atoms with van der Waals surface area (Å²) in [5.74, 6) is -21.1. The molecule has 3 saturated heterocycles. The van der Waals surface area contributed by atoms with E-state index in [1.807, 2.05) is 6.92 Å². The van der Waals surface area contributed by atoms with Crippen LogP contribution in [0.3, 0.4) is 0 Å². The van der Waals surface area contributed by atoms with Crippen LogP contribution in [-0.2, 0) is 66.8 Å². The largest absolute Gasteiger partial charge is 0.481 e. The first-order valence-corrected chi connectivity index (χ1v) is 22.3. The molecule has 2 N–H and O–H groups in total. The highest BCUT2D eigenvalue weighted by Crippen LogP contribution is 2.69. The van der Waals surface area contributed by atoms with Gasteiger partial charge in [-0.15, -0.1) is 0 Å². The maximum Gasteiger partial charge on any atom is 0.317 e. The molecule has 0 amide bonds. The molecule has 0 aromatic rings. The Morgan fingerprint density at radius 2 is 1.00 bits per heavy atom. The van der Waals surface area contributed by atoms with Crippen LogP contribution in [0, 0.1) is 124 Å². The zero-order valence-corrected chi connectivity index (χ0v) is 35.1. The molecule has 21 atom stereocenters. The van der Waals surface area contributed by atoms with Crippen molar-refractivity contribution < 1.29 is 77.0 Å². The Labute approximate surface area is 352 Å². The van der Waals surface area contributed by atoms with Gasteiger partial charge < -0.3 is 33.9 Å². The molecule has 6 saturated carbocycles. The Kier molecular flexibility index (Phi) is 10.3. The lowest BCUT2D eigenvalue weighted by atomic mass is 9.54. The lowest BCUT2D eigenvalue weighted by Gasteiger charge is -2.45. The molecule has 0 aromatic heterocycles. The summed E-state index contributed by atoms with van der Waals surface area (Å²) in [6.45, 7) is 8.71. The highest BCUT2D eigenvalue weighted by Gasteiger charge is 2.73. The summed E-state index contributed by atoms with van der Waals surface area (Å²) < 4.78 is 27.6. The predicted molar refractivity (Wildman–Crippen MR) is 202 cm³/mol. The number of aliphatic hydroxyl groups excluding tert-OH is 1. The molecule has 6 aliphatic carbocycles. The van der Waals surface area contributed by atoms with Crippen molar-refractivity contribution in [2.24, 2.45) is 124 Å². The molecule has 332 valence electrons. The number of ether oxygens (including phenoxy) is 5. The molecule has 0 aromatic carbocycles. The fourth-order valence-electron chi connectivity index (χ4n) is 15.5. The van der Waals surface area contributed by atoms with E-state index in [1.54, 1.807) is 20.8 Å². The van der Waals surface area contributed by atoms with Gasteiger partial charge in [0.15, 0.2) is 0 Å². The van der Waals surface area contributed by atoms with E-state index in [-0.39, 0.29) is 62.1 Å². The van der Waals surface area contributed by atoms with E-state index in [9.17, 15) is 53.4 Å². The quantitative estimate of drug-likeness (QED) is 0.131. The van der Waals surface area contributed by atoms with Crippen LogP contribution in [0.15, 0.2) is 0 Å². The summed E-state index contributed by atoms with van der Waals surface area (Å²) in [5, 5.41) is 19.6. The van der Waals surface area contributed by atoms with E-state index < -0.39 is 154 Å². The van der Waals surface area contributed by atoms with Crippen LogP contribution in [0.5, 0.6) is 0 Å². The minimum atomic E-state index is -1.24. The minimum Gasteiger partial charge on any atom is -0.481 e. The first-order valence-electron chi connectivity index (χ1n) is 22.3. The molecule has 9 fully saturated rings. The monoisotopic (exact) mass is 852 g/mol. The Morgan fingerprint density at radius 1 is 0.574 bits per heavy atom. The molecule has 21 unspecified atom stereocenters.